The molecular weight excluding hydrogens is 356 g/mol. The monoisotopic (exact) mass is 382 g/mol. The molecule has 1 unspecified atom stereocenters. The SMILES string of the molecule is COCCN1Cc2cc(C(=O)NCC(C)c3ccccc3)ccc2OCC1=O. The Morgan fingerprint density at radius 2 is 2.04 bits per heavy atom. The van der Waals surface area contributed by atoms with Gasteiger partial charge in [-0.3, -0.25) is 9.59 Å². The number of rotatable bonds is 7. The first-order valence-corrected chi connectivity index (χ1v) is 9.44. The van der Waals surface area contributed by atoms with Crippen molar-refractivity contribution in [1.29, 1.82) is 0 Å². The number of carbonyl (C=O) groups excluding carboxylic acids is 2. The van der Waals surface area contributed by atoms with Gasteiger partial charge < -0.3 is 19.7 Å². The van der Waals surface area contributed by atoms with E-state index in [1.165, 1.54) is 5.56 Å². The molecule has 0 fully saturated rings. The van der Waals surface area contributed by atoms with Crippen LogP contribution in [0.3, 0.4) is 0 Å². The zero-order valence-corrected chi connectivity index (χ0v) is 16.3. The molecule has 3 rings (SSSR count). The Morgan fingerprint density at radius 1 is 1.25 bits per heavy atom. The van der Waals surface area contributed by atoms with Crippen molar-refractivity contribution >= 4 is 11.8 Å². The lowest BCUT2D eigenvalue weighted by molar-refractivity contribution is -0.133. The smallest absolute Gasteiger partial charge is 0.260 e. The number of ether oxygens (including phenoxy) is 2. The zero-order valence-electron chi connectivity index (χ0n) is 16.3. The molecule has 0 aliphatic carbocycles. The van der Waals surface area contributed by atoms with Crippen LogP contribution in [0.25, 0.3) is 0 Å². The van der Waals surface area contributed by atoms with Crippen LogP contribution in [0, 0.1) is 0 Å². The van der Waals surface area contributed by atoms with Crippen molar-refractivity contribution in [3.05, 3.63) is 65.2 Å². The maximum Gasteiger partial charge on any atom is 0.260 e. The summed E-state index contributed by atoms with van der Waals surface area (Å²) in [5.74, 6) is 0.638. The van der Waals surface area contributed by atoms with Crippen LogP contribution in [0.1, 0.15) is 34.3 Å². The lowest BCUT2D eigenvalue weighted by atomic mass is 10.0. The van der Waals surface area contributed by atoms with Crippen LogP contribution in [-0.2, 0) is 16.1 Å². The lowest BCUT2D eigenvalue weighted by Crippen LogP contribution is -2.35. The number of methoxy groups -OCH3 is 1. The predicted octanol–water partition coefficient (Wildman–Crippen LogP) is 2.59. The maximum absolute atomic E-state index is 12.6. The van der Waals surface area contributed by atoms with E-state index in [0.717, 1.165) is 5.56 Å². The van der Waals surface area contributed by atoms with E-state index in [-0.39, 0.29) is 24.3 Å². The number of carbonyl (C=O) groups is 2. The number of amides is 2. The summed E-state index contributed by atoms with van der Waals surface area (Å²) in [5, 5.41) is 2.99. The van der Waals surface area contributed by atoms with Gasteiger partial charge in [0, 0.05) is 37.9 Å². The molecule has 148 valence electrons. The van der Waals surface area contributed by atoms with Crippen molar-refractivity contribution in [2.24, 2.45) is 0 Å². The molecule has 1 heterocycles. The Kier molecular flexibility index (Phi) is 6.66. The number of fused-ring (bicyclic) bond motifs is 1. The standard InChI is InChI=1S/C22H26N2O4/c1-16(17-6-4-3-5-7-17)13-23-22(26)18-8-9-20-19(12-18)14-24(10-11-27-2)21(25)15-28-20/h3-9,12,16H,10-11,13-15H2,1-2H3,(H,23,26). The molecule has 1 atom stereocenters. The van der Waals surface area contributed by atoms with E-state index in [0.29, 0.717) is 37.6 Å². The molecule has 0 spiro atoms. The van der Waals surface area contributed by atoms with E-state index in [9.17, 15) is 9.59 Å². The molecule has 1 N–H and O–H groups in total. The van der Waals surface area contributed by atoms with E-state index < -0.39 is 0 Å². The van der Waals surface area contributed by atoms with E-state index >= 15 is 0 Å². The molecule has 2 aromatic rings. The minimum Gasteiger partial charge on any atom is -0.483 e. The van der Waals surface area contributed by atoms with Crippen molar-refractivity contribution in [3.8, 4) is 5.75 Å². The molecule has 28 heavy (non-hydrogen) atoms. The van der Waals surface area contributed by atoms with E-state index in [4.69, 9.17) is 9.47 Å². The summed E-state index contributed by atoms with van der Waals surface area (Å²) in [4.78, 5) is 26.5. The van der Waals surface area contributed by atoms with Crippen molar-refractivity contribution < 1.29 is 19.1 Å². The fourth-order valence-electron chi connectivity index (χ4n) is 3.16. The first kappa shape index (κ1) is 19.9. The van der Waals surface area contributed by atoms with E-state index in [2.05, 4.69) is 24.4 Å². The largest absolute Gasteiger partial charge is 0.483 e. The lowest BCUT2D eigenvalue weighted by Gasteiger charge is -2.19. The highest BCUT2D eigenvalue weighted by Gasteiger charge is 2.22. The fraction of sp³-hybridized carbons (Fsp3) is 0.364. The summed E-state index contributed by atoms with van der Waals surface area (Å²) < 4.78 is 10.7. The molecule has 1 aliphatic heterocycles. The van der Waals surface area contributed by atoms with Gasteiger partial charge in [-0.05, 0) is 29.7 Å². The second kappa shape index (κ2) is 9.37. The minimum atomic E-state index is -0.135. The Labute approximate surface area is 165 Å². The average Bonchev–Trinajstić information content (AvgIpc) is 2.89. The average molecular weight is 382 g/mol. The first-order valence-electron chi connectivity index (χ1n) is 9.44. The summed E-state index contributed by atoms with van der Waals surface area (Å²) >= 11 is 0. The van der Waals surface area contributed by atoms with E-state index in [1.807, 2.05) is 18.2 Å². The third-order valence-electron chi connectivity index (χ3n) is 4.89. The molecule has 0 bridgehead atoms. The van der Waals surface area contributed by atoms with Crippen LogP contribution in [0.15, 0.2) is 48.5 Å². The highest BCUT2D eigenvalue weighted by atomic mass is 16.5. The normalized spacial score (nSPS) is 14.6. The van der Waals surface area contributed by atoms with Crippen molar-refractivity contribution in [2.75, 3.05) is 33.4 Å². The van der Waals surface area contributed by atoms with Gasteiger partial charge in [-0.15, -0.1) is 0 Å². The van der Waals surface area contributed by atoms with Crippen molar-refractivity contribution in [1.82, 2.24) is 10.2 Å². The summed E-state index contributed by atoms with van der Waals surface area (Å²) in [7, 11) is 1.60. The number of hydrogen-bond donors (Lipinski definition) is 1. The second-order valence-electron chi connectivity index (χ2n) is 6.94. The molecule has 0 radical (unpaired) electrons. The molecular formula is C22H26N2O4. The molecule has 0 aromatic heterocycles. The van der Waals surface area contributed by atoms with Crippen LogP contribution in [0.2, 0.25) is 0 Å². The molecule has 2 aromatic carbocycles. The first-order chi connectivity index (χ1) is 13.6. The van der Waals surface area contributed by atoms with Gasteiger partial charge in [0.1, 0.15) is 5.75 Å². The zero-order chi connectivity index (χ0) is 19.9. The van der Waals surface area contributed by atoms with Crippen LogP contribution in [-0.4, -0.2) is 50.1 Å². The van der Waals surface area contributed by atoms with Gasteiger partial charge in [0.05, 0.1) is 6.61 Å². The quantitative estimate of drug-likeness (QED) is 0.799. The Bertz CT molecular complexity index is 823. The maximum atomic E-state index is 12.6. The highest BCUT2D eigenvalue weighted by molar-refractivity contribution is 5.94. The van der Waals surface area contributed by atoms with Crippen LogP contribution >= 0.6 is 0 Å². The third kappa shape index (κ3) is 4.89. The van der Waals surface area contributed by atoms with Crippen LogP contribution in [0.4, 0.5) is 0 Å². The predicted molar refractivity (Wildman–Crippen MR) is 106 cm³/mol. The van der Waals surface area contributed by atoms with Crippen LogP contribution < -0.4 is 10.1 Å². The molecule has 0 saturated carbocycles. The van der Waals surface area contributed by atoms with Gasteiger partial charge in [-0.1, -0.05) is 37.3 Å². The number of nitrogens with zero attached hydrogens (tertiary/aromatic N) is 1. The fourth-order valence-corrected chi connectivity index (χ4v) is 3.16. The minimum absolute atomic E-state index is 0.00313. The van der Waals surface area contributed by atoms with Gasteiger partial charge in [-0.25, -0.2) is 0 Å². The molecule has 2 amide bonds. The van der Waals surface area contributed by atoms with E-state index in [1.54, 1.807) is 30.2 Å². The van der Waals surface area contributed by atoms with Gasteiger partial charge in [0.15, 0.2) is 6.61 Å². The molecule has 1 aliphatic rings. The van der Waals surface area contributed by atoms with Crippen molar-refractivity contribution in [2.45, 2.75) is 19.4 Å². The van der Waals surface area contributed by atoms with Gasteiger partial charge in [0.25, 0.3) is 11.8 Å². The third-order valence-corrected chi connectivity index (χ3v) is 4.89. The summed E-state index contributed by atoms with van der Waals surface area (Å²) in [6, 6.07) is 15.4. The number of hydrogen-bond acceptors (Lipinski definition) is 4. The van der Waals surface area contributed by atoms with Crippen molar-refractivity contribution in [3.63, 3.8) is 0 Å². The molecule has 6 nitrogen and oxygen atoms in total. The molecule has 6 heteroatoms. The van der Waals surface area contributed by atoms with Gasteiger partial charge in [0.2, 0.25) is 0 Å². The highest BCUT2D eigenvalue weighted by Crippen LogP contribution is 2.25. The Morgan fingerprint density at radius 3 is 2.79 bits per heavy atom. The topological polar surface area (TPSA) is 67.9 Å². The second-order valence-corrected chi connectivity index (χ2v) is 6.94. The Balaban J connectivity index is 1.67. The van der Waals surface area contributed by atoms with Crippen LogP contribution in [0.5, 0.6) is 5.75 Å². The number of benzene rings is 2. The Hall–Kier alpha value is -2.86. The molecule has 0 saturated heterocycles. The summed E-state index contributed by atoms with van der Waals surface area (Å²) in [6.45, 7) is 3.98. The summed E-state index contributed by atoms with van der Waals surface area (Å²) in [6.07, 6.45) is 0. The van der Waals surface area contributed by atoms with Gasteiger partial charge in [-0.2, -0.15) is 0 Å². The van der Waals surface area contributed by atoms with Gasteiger partial charge >= 0.3 is 0 Å². The number of nitrogens with one attached hydrogen (secondary N) is 1. The summed E-state index contributed by atoms with van der Waals surface area (Å²) in [5.41, 5.74) is 2.57.